The fourth-order valence-electron chi connectivity index (χ4n) is 0.636. The molecule has 18 heavy (non-hydrogen) atoms. The zero-order valence-corrected chi connectivity index (χ0v) is 9.69. The number of aliphatic carboxylic acids is 1. The van der Waals surface area contributed by atoms with Crippen LogP contribution >= 0.6 is 0 Å². The zero-order chi connectivity index (χ0) is 15.1. The molecule has 0 spiro atoms. The Balaban J connectivity index is 0. The van der Waals surface area contributed by atoms with E-state index in [4.69, 9.17) is 21.4 Å². The third-order valence-electron chi connectivity index (χ3n) is 1.42. The number of hydrogen-bond donors (Lipinski definition) is 3. The summed E-state index contributed by atoms with van der Waals surface area (Å²) in [5.74, 6) is -3.61. The number of nitrogens with two attached hydrogens (primary N) is 2. The minimum Gasteiger partial charge on any atom is -0.475 e. The molecule has 0 aromatic rings. The molecule has 0 heterocycles. The highest BCUT2D eigenvalue weighted by atomic mass is 19.4. The lowest BCUT2D eigenvalue weighted by Gasteiger charge is -2.14. The van der Waals surface area contributed by atoms with Crippen molar-refractivity contribution < 1.29 is 32.7 Å². The van der Waals surface area contributed by atoms with Crippen LogP contribution in [0.4, 0.5) is 13.2 Å². The maximum atomic E-state index is 11.0. The summed E-state index contributed by atoms with van der Waals surface area (Å²) in [6, 6.07) is -0.803. The Morgan fingerprint density at radius 3 is 1.78 bits per heavy atom. The standard InChI is InChI=1S/C6H13N3O2.C2HF3O2/c1-9(2)6(11)4(7)3-5(8)10;3-2(4,5)1(6)7/h4H,3,7H2,1-2H3,(H2,8,10);(H,6,7)/t4-;/m0./s1. The van der Waals surface area contributed by atoms with Crippen molar-refractivity contribution in [1.82, 2.24) is 4.90 Å². The maximum Gasteiger partial charge on any atom is 0.490 e. The SMILES string of the molecule is CN(C)C(=O)[C@@H](N)CC(N)=O.O=C(O)C(F)(F)F. The van der Waals surface area contributed by atoms with Gasteiger partial charge in [0.25, 0.3) is 0 Å². The monoisotopic (exact) mass is 273 g/mol. The highest BCUT2D eigenvalue weighted by Crippen LogP contribution is 2.13. The quantitative estimate of drug-likeness (QED) is 0.602. The maximum absolute atomic E-state index is 11.0. The van der Waals surface area contributed by atoms with Gasteiger partial charge in [0.1, 0.15) is 0 Å². The van der Waals surface area contributed by atoms with Crippen LogP contribution in [0.3, 0.4) is 0 Å². The van der Waals surface area contributed by atoms with E-state index in [1.807, 2.05) is 0 Å². The van der Waals surface area contributed by atoms with E-state index in [-0.39, 0.29) is 12.3 Å². The predicted molar refractivity (Wildman–Crippen MR) is 54.2 cm³/mol. The highest BCUT2D eigenvalue weighted by Gasteiger charge is 2.38. The van der Waals surface area contributed by atoms with Crippen molar-refractivity contribution in [2.24, 2.45) is 11.5 Å². The molecule has 10 heteroatoms. The summed E-state index contributed by atoms with van der Waals surface area (Å²) in [6.07, 6.45) is -5.18. The molecule has 5 N–H and O–H groups in total. The van der Waals surface area contributed by atoms with E-state index in [0.717, 1.165) is 0 Å². The third-order valence-corrected chi connectivity index (χ3v) is 1.42. The second-order valence-electron chi connectivity index (χ2n) is 3.31. The van der Waals surface area contributed by atoms with E-state index in [2.05, 4.69) is 0 Å². The lowest BCUT2D eigenvalue weighted by atomic mass is 10.2. The number of carboxylic acids is 1. The van der Waals surface area contributed by atoms with Gasteiger partial charge in [0.15, 0.2) is 0 Å². The van der Waals surface area contributed by atoms with E-state index in [1.165, 1.54) is 4.90 Å². The highest BCUT2D eigenvalue weighted by molar-refractivity contribution is 5.87. The van der Waals surface area contributed by atoms with Crippen LogP contribution in [-0.2, 0) is 14.4 Å². The normalized spacial score (nSPS) is 11.9. The molecule has 0 aromatic carbocycles. The molecule has 0 saturated heterocycles. The van der Waals surface area contributed by atoms with Gasteiger partial charge in [-0.15, -0.1) is 0 Å². The Hall–Kier alpha value is -1.84. The van der Waals surface area contributed by atoms with Crippen LogP contribution in [0.25, 0.3) is 0 Å². The largest absolute Gasteiger partial charge is 0.490 e. The van der Waals surface area contributed by atoms with Gasteiger partial charge in [0.05, 0.1) is 12.5 Å². The van der Waals surface area contributed by atoms with Gasteiger partial charge in [-0.25, -0.2) is 4.79 Å². The minimum atomic E-state index is -5.08. The van der Waals surface area contributed by atoms with E-state index in [1.54, 1.807) is 14.1 Å². The summed E-state index contributed by atoms with van der Waals surface area (Å²) in [4.78, 5) is 31.5. The molecular formula is C8H14F3N3O4. The topological polar surface area (TPSA) is 127 Å². The Bertz CT molecular complexity index is 317. The molecule has 0 aliphatic rings. The van der Waals surface area contributed by atoms with Crippen molar-refractivity contribution in [1.29, 1.82) is 0 Å². The van der Waals surface area contributed by atoms with E-state index >= 15 is 0 Å². The van der Waals surface area contributed by atoms with Crippen molar-refractivity contribution in [3.8, 4) is 0 Å². The predicted octanol–water partition coefficient (Wildman–Crippen LogP) is -1.09. The number of carbonyl (C=O) groups excluding carboxylic acids is 2. The van der Waals surface area contributed by atoms with E-state index in [9.17, 15) is 22.8 Å². The molecule has 0 unspecified atom stereocenters. The van der Waals surface area contributed by atoms with Gasteiger partial charge in [0, 0.05) is 14.1 Å². The Morgan fingerprint density at radius 2 is 1.61 bits per heavy atom. The Morgan fingerprint density at radius 1 is 1.28 bits per heavy atom. The van der Waals surface area contributed by atoms with E-state index in [0.29, 0.717) is 0 Å². The molecule has 0 aromatic heterocycles. The van der Waals surface area contributed by atoms with Crippen LogP contribution in [0.15, 0.2) is 0 Å². The molecule has 0 radical (unpaired) electrons. The fourth-order valence-corrected chi connectivity index (χ4v) is 0.636. The Kier molecular flexibility index (Phi) is 7.70. The summed E-state index contributed by atoms with van der Waals surface area (Å²) < 4.78 is 31.7. The van der Waals surface area contributed by atoms with Gasteiger partial charge in [-0.05, 0) is 0 Å². The molecular weight excluding hydrogens is 259 g/mol. The second-order valence-corrected chi connectivity index (χ2v) is 3.31. The molecule has 1 atom stereocenters. The lowest BCUT2D eigenvalue weighted by Crippen LogP contribution is -2.42. The van der Waals surface area contributed by atoms with Crippen molar-refractivity contribution in [2.45, 2.75) is 18.6 Å². The molecule has 0 aliphatic heterocycles. The van der Waals surface area contributed by atoms with Crippen molar-refractivity contribution in [2.75, 3.05) is 14.1 Å². The molecule has 0 bridgehead atoms. The van der Waals surface area contributed by atoms with Crippen LogP contribution in [0.1, 0.15) is 6.42 Å². The van der Waals surface area contributed by atoms with Crippen molar-refractivity contribution in [3.63, 3.8) is 0 Å². The summed E-state index contributed by atoms with van der Waals surface area (Å²) in [6.45, 7) is 0. The van der Waals surface area contributed by atoms with Crippen LogP contribution in [-0.4, -0.2) is 54.1 Å². The Labute approximate surface area is 101 Å². The van der Waals surface area contributed by atoms with Crippen molar-refractivity contribution in [3.05, 3.63) is 0 Å². The first-order valence-corrected chi connectivity index (χ1v) is 4.44. The first-order chi connectivity index (χ1) is 7.89. The van der Waals surface area contributed by atoms with Crippen LogP contribution < -0.4 is 11.5 Å². The molecule has 0 rings (SSSR count). The van der Waals surface area contributed by atoms with Crippen molar-refractivity contribution >= 4 is 17.8 Å². The summed E-state index contributed by atoms with van der Waals surface area (Å²) in [7, 11) is 3.15. The average molecular weight is 273 g/mol. The van der Waals surface area contributed by atoms with Gasteiger partial charge >= 0.3 is 12.1 Å². The first kappa shape index (κ1) is 18.5. The number of nitrogens with zero attached hydrogens (tertiary/aromatic N) is 1. The average Bonchev–Trinajstić information content (AvgIpc) is 2.14. The minimum absolute atomic E-state index is 0.100. The number of alkyl halides is 3. The number of hydrogen-bond acceptors (Lipinski definition) is 4. The van der Waals surface area contributed by atoms with Crippen LogP contribution in [0, 0.1) is 0 Å². The molecule has 0 fully saturated rings. The molecule has 0 saturated carbocycles. The molecule has 7 nitrogen and oxygen atoms in total. The molecule has 0 aliphatic carbocycles. The number of amides is 2. The van der Waals surface area contributed by atoms with Crippen LogP contribution in [0.2, 0.25) is 0 Å². The van der Waals surface area contributed by atoms with E-state index < -0.39 is 24.1 Å². The number of halogens is 3. The first-order valence-electron chi connectivity index (χ1n) is 4.44. The van der Waals surface area contributed by atoms with Gasteiger partial charge < -0.3 is 21.5 Å². The number of likely N-dealkylation sites (N-methyl/N-ethyl adjacent to an activating group) is 1. The van der Waals surface area contributed by atoms with Gasteiger partial charge in [0.2, 0.25) is 11.8 Å². The second kappa shape index (κ2) is 7.48. The number of carbonyl (C=O) groups is 3. The van der Waals surface area contributed by atoms with Crippen LogP contribution in [0.5, 0.6) is 0 Å². The number of rotatable bonds is 3. The summed E-state index contributed by atoms with van der Waals surface area (Å²) in [5.41, 5.74) is 10.2. The van der Waals surface area contributed by atoms with Gasteiger partial charge in [-0.3, -0.25) is 9.59 Å². The number of carboxylic acid groups (broad SMARTS) is 1. The van der Waals surface area contributed by atoms with Gasteiger partial charge in [-0.2, -0.15) is 13.2 Å². The molecule has 106 valence electrons. The number of primary amides is 1. The fraction of sp³-hybridized carbons (Fsp3) is 0.625. The summed E-state index contributed by atoms with van der Waals surface area (Å²) >= 11 is 0. The smallest absolute Gasteiger partial charge is 0.475 e. The lowest BCUT2D eigenvalue weighted by molar-refractivity contribution is -0.192. The summed E-state index contributed by atoms with van der Waals surface area (Å²) in [5, 5.41) is 7.12. The van der Waals surface area contributed by atoms with Gasteiger partial charge in [-0.1, -0.05) is 0 Å². The zero-order valence-electron chi connectivity index (χ0n) is 9.69. The third kappa shape index (κ3) is 9.39. The molecule has 2 amide bonds.